The molecule has 0 aromatic heterocycles. The zero-order valence-corrected chi connectivity index (χ0v) is 17.7. The molecule has 1 nitrogen and oxygen atoms in total. The number of hydrogen-bond acceptors (Lipinski definition) is 1. The quantitative estimate of drug-likeness (QED) is 0.444. The van der Waals surface area contributed by atoms with Crippen molar-refractivity contribution in [2.24, 2.45) is 0 Å². The van der Waals surface area contributed by atoms with Crippen LogP contribution in [0.25, 0.3) is 0 Å². The summed E-state index contributed by atoms with van der Waals surface area (Å²) in [6.07, 6.45) is 1.13. The van der Waals surface area contributed by atoms with Gasteiger partial charge in [0.15, 0.2) is 0 Å². The molecule has 3 rings (SSSR count). The van der Waals surface area contributed by atoms with Gasteiger partial charge in [-0.15, -0.1) is 0 Å². The summed E-state index contributed by atoms with van der Waals surface area (Å²) in [6, 6.07) is 28.3. The van der Waals surface area contributed by atoms with Crippen molar-refractivity contribution in [1.82, 2.24) is 0 Å². The van der Waals surface area contributed by atoms with Crippen molar-refractivity contribution in [3.63, 3.8) is 0 Å². The third-order valence-electron chi connectivity index (χ3n) is 5.10. The molecule has 0 aliphatic carbocycles. The van der Waals surface area contributed by atoms with Crippen LogP contribution in [-0.4, -0.2) is 0 Å². The third kappa shape index (κ3) is 5.01. The van der Waals surface area contributed by atoms with Crippen LogP contribution in [-0.2, 0) is 5.41 Å². The molecule has 0 spiro atoms. The van der Waals surface area contributed by atoms with Gasteiger partial charge in [-0.05, 0) is 60.7 Å². The summed E-state index contributed by atoms with van der Waals surface area (Å²) in [4.78, 5) is 2.31. The summed E-state index contributed by atoms with van der Waals surface area (Å²) >= 11 is 0. The Balaban J connectivity index is 0.00000126. The Morgan fingerprint density at radius 2 is 1.11 bits per heavy atom. The molecule has 142 valence electrons. The predicted molar refractivity (Wildman–Crippen MR) is 121 cm³/mol. The second kappa shape index (κ2) is 9.41. The zero-order valence-electron chi connectivity index (χ0n) is 17.7. The Kier molecular flexibility index (Phi) is 7.24. The van der Waals surface area contributed by atoms with Crippen molar-refractivity contribution in [2.45, 2.75) is 53.4 Å². The fourth-order valence-corrected chi connectivity index (χ4v) is 2.98. The molecule has 0 saturated heterocycles. The second-order valence-corrected chi connectivity index (χ2v) is 7.29. The Hall–Kier alpha value is -2.54. The number of hydrogen-bond donors (Lipinski definition) is 0. The third-order valence-corrected chi connectivity index (χ3v) is 5.10. The summed E-state index contributed by atoms with van der Waals surface area (Å²) in [6.45, 7) is 13.0. The minimum Gasteiger partial charge on any atom is -0.311 e. The van der Waals surface area contributed by atoms with Crippen LogP contribution in [0.2, 0.25) is 0 Å². The van der Waals surface area contributed by atoms with Gasteiger partial charge in [-0.1, -0.05) is 82.6 Å². The van der Waals surface area contributed by atoms with E-state index in [9.17, 15) is 0 Å². The molecule has 0 amide bonds. The highest BCUT2D eigenvalue weighted by Gasteiger charge is 2.19. The van der Waals surface area contributed by atoms with Crippen LogP contribution in [0.4, 0.5) is 17.1 Å². The molecule has 0 atom stereocenters. The molecule has 0 saturated carbocycles. The first-order valence-electron chi connectivity index (χ1n) is 10.0. The van der Waals surface area contributed by atoms with Crippen LogP contribution in [0.5, 0.6) is 0 Å². The molecule has 3 aromatic rings. The lowest BCUT2D eigenvalue weighted by Crippen LogP contribution is -2.16. The summed E-state index contributed by atoms with van der Waals surface area (Å²) in [7, 11) is 0. The van der Waals surface area contributed by atoms with Crippen LogP contribution < -0.4 is 4.90 Å². The molecule has 0 N–H and O–H groups in total. The number of aryl methyl sites for hydroxylation is 1. The highest BCUT2D eigenvalue weighted by atomic mass is 15.1. The van der Waals surface area contributed by atoms with E-state index in [4.69, 9.17) is 0 Å². The van der Waals surface area contributed by atoms with Gasteiger partial charge in [-0.3, -0.25) is 0 Å². The van der Waals surface area contributed by atoms with Gasteiger partial charge in [0.1, 0.15) is 0 Å². The molecule has 0 heterocycles. The van der Waals surface area contributed by atoms with Gasteiger partial charge in [0.2, 0.25) is 0 Å². The first-order chi connectivity index (χ1) is 13.0. The smallest absolute Gasteiger partial charge is 0.0461 e. The first kappa shape index (κ1) is 20.8. The Morgan fingerprint density at radius 3 is 1.59 bits per heavy atom. The van der Waals surface area contributed by atoms with Gasteiger partial charge in [0, 0.05) is 17.1 Å². The van der Waals surface area contributed by atoms with Gasteiger partial charge in [0.25, 0.3) is 0 Å². The zero-order chi connectivity index (χ0) is 19.9. The van der Waals surface area contributed by atoms with E-state index in [1.807, 2.05) is 13.8 Å². The lowest BCUT2D eigenvalue weighted by molar-refractivity contribution is 0.506. The number of anilines is 3. The van der Waals surface area contributed by atoms with Crippen LogP contribution >= 0.6 is 0 Å². The standard InChI is InChI=1S/C24H27N.C2H6/c1-5-24(3,4)20-13-17-23(18-14-20)25(21-9-7-6-8-10-21)22-15-11-19(2)12-16-22;1-2/h6-18H,5H2,1-4H3;1-2H3. The van der Waals surface area contributed by atoms with E-state index in [1.54, 1.807) is 0 Å². The normalized spacial score (nSPS) is 10.7. The van der Waals surface area contributed by atoms with Crippen LogP contribution in [0.1, 0.15) is 52.2 Å². The Labute approximate surface area is 165 Å². The van der Waals surface area contributed by atoms with E-state index in [2.05, 4.69) is 111 Å². The van der Waals surface area contributed by atoms with Crippen molar-refractivity contribution in [1.29, 1.82) is 0 Å². The second-order valence-electron chi connectivity index (χ2n) is 7.29. The van der Waals surface area contributed by atoms with E-state index in [0.29, 0.717) is 0 Å². The fourth-order valence-electron chi connectivity index (χ4n) is 2.98. The number of benzene rings is 3. The molecular weight excluding hydrogens is 326 g/mol. The summed E-state index contributed by atoms with van der Waals surface area (Å²) in [5, 5.41) is 0. The summed E-state index contributed by atoms with van der Waals surface area (Å²) in [5.74, 6) is 0. The van der Waals surface area contributed by atoms with E-state index in [1.165, 1.54) is 28.2 Å². The maximum absolute atomic E-state index is 2.31. The minimum atomic E-state index is 0.208. The first-order valence-corrected chi connectivity index (χ1v) is 10.0. The maximum atomic E-state index is 2.31. The lowest BCUT2D eigenvalue weighted by Gasteiger charge is -2.28. The van der Waals surface area contributed by atoms with Gasteiger partial charge in [0.05, 0.1) is 0 Å². The van der Waals surface area contributed by atoms with Crippen LogP contribution in [0.15, 0.2) is 78.9 Å². The molecule has 0 bridgehead atoms. The molecule has 27 heavy (non-hydrogen) atoms. The SMILES string of the molecule is CC.CCC(C)(C)c1ccc(N(c2ccccc2)c2ccc(C)cc2)cc1. The largest absolute Gasteiger partial charge is 0.311 e. The number of para-hydroxylation sites is 1. The number of rotatable bonds is 5. The van der Waals surface area contributed by atoms with Gasteiger partial charge >= 0.3 is 0 Å². The van der Waals surface area contributed by atoms with E-state index < -0.39 is 0 Å². The van der Waals surface area contributed by atoms with E-state index in [-0.39, 0.29) is 5.41 Å². The van der Waals surface area contributed by atoms with Crippen LogP contribution in [0, 0.1) is 6.92 Å². The topological polar surface area (TPSA) is 3.24 Å². The molecular formula is C26H33N. The molecule has 1 heteroatoms. The Bertz CT molecular complexity index is 799. The average molecular weight is 360 g/mol. The van der Waals surface area contributed by atoms with Crippen molar-refractivity contribution >= 4 is 17.1 Å². The van der Waals surface area contributed by atoms with E-state index in [0.717, 1.165) is 6.42 Å². The Morgan fingerprint density at radius 1 is 0.667 bits per heavy atom. The summed E-state index contributed by atoms with van der Waals surface area (Å²) in [5.41, 5.74) is 6.41. The van der Waals surface area contributed by atoms with Crippen LogP contribution in [0.3, 0.4) is 0 Å². The molecule has 0 aliphatic rings. The lowest BCUT2D eigenvalue weighted by atomic mass is 9.82. The molecule has 3 aromatic carbocycles. The minimum absolute atomic E-state index is 0.208. The van der Waals surface area contributed by atoms with Gasteiger partial charge in [-0.25, -0.2) is 0 Å². The number of nitrogens with zero attached hydrogens (tertiary/aromatic N) is 1. The van der Waals surface area contributed by atoms with E-state index >= 15 is 0 Å². The van der Waals surface area contributed by atoms with Crippen molar-refractivity contribution < 1.29 is 0 Å². The highest BCUT2D eigenvalue weighted by molar-refractivity contribution is 5.76. The molecule has 0 radical (unpaired) electrons. The predicted octanol–water partition coefficient (Wildman–Crippen LogP) is 8.18. The van der Waals surface area contributed by atoms with Crippen molar-refractivity contribution in [2.75, 3.05) is 4.90 Å². The van der Waals surface area contributed by atoms with Crippen molar-refractivity contribution in [3.05, 3.63) is 90.0 Å². The van der Waals surface area contributed by atoms with Gasteiger partial charge < -0.3 is 4.90 Å². The average Bonchev–Trinajstić information content (AvgIpc) is 2.72. The monoisotopic (exact) mass is 359 g/mol. The highest BCUT2D eigenvalue weighted by Crippen LogP contribution is 2.36. The molecule has 0 unspecified atom stereocenters. The van der Waals surface area contributed by atoms with Gasteiger partial charge in [-0.2, -0.15) is 0 Å². The van der Waals surface area contributed by atoms with Crippen molar-refractivity contribution in [3.8, 4) is 0 Å². The molecule has 0 aliphatic heterocycles. The molecule has 0 fully saturated rings. The maximum Gasteiger partial charge on any atom is 0.0461 e. The summed E-state index contributed by atoms with van der Waals surface area (Å²) < 4.78 is 0. The fraction of sp³-hybridized carbons (Fsp3) is 0.308.